The van der Waals surface area contributed by atoms with Crippen LogP contribution in [0.5, 0.6) is 5.75 Å². The zero-order valence-corrected chi connectivity index (χ0v) is 20.4. The quantitative estimate of drug-likeness (QED) is 0.273. The first-order valence-corrected chi connectivity index (χ1v) is 12.3. The molecule has 0 spiro atoms. The molecule has 2 aromatic heterocycles. The topological polar surface area (TPSA) is 117 Å². The third-order valence-corrected chi connectivity index (χ3v) is 6.15. The van der Waals surface area contributed by atoms with Crippen molar-refractivity contribution in [2.24, 2.45) is 0 Å². The number of thioether (sulfide) groups is 1. The maximum absolute atomic E-state index is 6.06. The van der Waals surface area contributed by atoms with E-state index in [1.165, 1.54) is 11.8 Å². The highest BCUT2D eigenvalue weighted by atomic mass is 32.2. The molecule has 9 nitrogen and oxygen atoms in total. The predicted molar refractivity (Wildman–Crippen MR) is 140 cm³/mol. The van der Waals surface area contributed by atoms with E-state index >= 15 is 0 Å². The van der Waals surface area contributed by atoms with Gasteiger partial charge in [-0.15, -0.1) is 10.2 Å². The van der Waals surface area contributed by atoms with E-state index in [1.54, 1.807) is 0 Å². The summed E-state index contributed by atoms with van der Waals surface area (Å²) in [6.07, 6.45) is 0. The van der Waals surface area contributed by atoms with E-state index < -0.39 is 0 Å². The Morgan fingerprint density at radius 1 is 0.861 bits per heavy atom. The molecule has 0 aliphatic heterocycles. The standard InChI is InChI=1S/C26H24N8OS/c1-18-10-8-9-15-21(18)35-16-23-32-33-26(34(23)20-13-6-3-7-14-20)36-17-22-29-24(27)31-25(30-22)28-19-11-4-2-5-12-19/h2-15H,16-17H2,1H3,(H3,27,28,29,30,31). The van der Waals surface area contributed by atoms with Crippen molar-refractivity contribution < 1.29 is 4.74 Å². The lowest BCUT2D eigenvalue weighted by Crippen LogP contribution is -2.08. The number of aryl methyl sites for hydroxylation is 1. The lowest BCUT2D eigenvalue weighted by atomic mass is 10.2. The van der Waals surface area contributed by atoms with Crippen molar-refractivity contribution in [1.29, 1.82) is 0 Å². The largest absolute Gasteiger partial charge is 0.485 e. The molecule has 0 amide bonds. The Morgan fingerprint density at radius 3 is 2.36 bits per heavy atom. The molecular formula is C26H24N8OS. The molecule has 36 heavy (non-hydrogen) atoms. The highest BCUT2D eigenvalue weighted by Gasteiger charge is 2.17. The number of nitrogens with two attached hydrogens (primary N) is 1. The molecule has 0 saturated heterocycles. The molecule has 2 heterocycles. The molecule has 180 valence electrons. The molecule has 0 atom stereocenters. The number of nitrogens with one attached hydrogen (secondary N) is 1. The lowest BCUT2D eigenvalue weighted by molar-refractivity contribution is 0.291. The van der Waals surface area contributed by atoms with E-state index in [0.717, 1.165) is 22.7 Å². The monoisotopic (exact) mass is 496 g/mol. The molecule has 3 N–H and O–H groups in total. The summed E-state index contributed by atoms with van der Waals surface area (Å²) in [4.78, 5) is 13.0. The van der Waals surface area contributed by atoms with Crippen molar-refractivity contribution in [3.63, 3.8) is 0 Å². The minimum absolute atomic E-state index is 0.149. The Kier molecular flexibility index (Phi) is 7.04. The number of nitrogens with zero attached hydrogens (tertiary/aromatic N) is 6. The molecule has 10 heteroatoms. The summed E-state index contributed by atoms with van der Waals surface area (Å²) in [6.45, 7) is 2.29. The van der Waals surface area contributed by atoms with Gasteiger partial charge in [0.25, 0.3) is 0 Å². The molecule has 5 aromatic rings. The minimum Gasteiger partial charge on any atom is -0.485 e. The first-order chi connectivity index (χ1) is 17.7. The normalized spacial score (nSPS) is 10.8. The Morgan fingerprint density at radius 2 is 1.58 bits per heavy atom. The molecule has 3 aromatic carbocycles. The highest BCUT2D eigenvalue weighted by molar-refractivity contribution is 7.98. The Hall–Kier alpha value is -4.44. The highest BCUT2D eigenvalue weighted by Crippen LogP contribution is 2.26. The number of para-hydroxylation sites is 3. The molecule has 0 saturated carbocycles. The Balaban J connectivity index is 1.37. The van der Waals surface area contributed by atoms with Crippen LogP contribution in [0, 0.1) is 6.92 Å². The van der Waals surface area contributed by atoms with Gasteiger partial charge in [-0.3, -0.25) is 4.57 Å². The Bertz CT molecular complexity index is 1440. The summed E-state index contributed by atoms with van der Waals surface area (Å²) in [5.74, 6) is 3.00. The Labute approximate surface area is 212 Å². The average molecular weight is 497 g/mol. The molecule has 0 radical (unpaired) electrons. The zero-order chi connectivity index (χ0) is 24.7. The van der Waals surface area contributed by atoms with Crippen LogP contribution >= 0.6 is 11.8 Å². The van der Waals surface area contributed by atoms with Gasteiger partial charge in [-0.2, -0.15) is 15.0 Å². The van der Waals surface area contributed by atoms with E-state index in [2.05, 4.69) is 30.5 Å². The second-order valence-corrected chi connectivity index (χ2v) is 8.78. The number of rotatable bonds is 9. The average Bonchev–Trinajstić information content (AvgIpc) is 3.30. The number of anilines is 3. The van der Waals surface area contributed by atoms with Gasteiger partial charge < -0.3 is 15.8 Å². The van der Waals surface area contributed by atoms with Gasteiger partial charge in [-0.1, -0.05) is 66.4 Å². The summed E-state index contributed by atoms with van der Waals surface area (Å²) < 4.78 is 8.04. The molecule has 0 bridgehead atoms. The van der Waals surface area contributed by atoms with Crippen LogP contribution in [0.25, 0.3) is 5.69 Å². The molecule has 0 fully saturated rings. The molecule has 0 aliphatic carbocycles. The van der Waals surface area contributed by atoms with Crippen molar-refractivity contribution in [3.8, 4) is 11.4 Å². The van der Waals surface area contributed by atoms with Crippen molar-refractivity contribution >= 4 is 29.3 Å². The van der Waals surface area contributed by atoms with E-state index in [0.29, 0.717) is 28.5 Å². The molecule has 5 rings (SSSR count). The summed E-state index contributed by atoms with van der Waals surface area (Å²) in [7, 11) is 0. The summed E-state index contributed by atoms with van der Waals surface area (Å²) in [5, 5.41) is 12.7. The smallest absolute Gasteiger partial charge is 0.232 e. The summed E-state index contributed by atoms with van der Waals surface area (Å²) in [6, 6.07) is 27.5. The van der Waals surface area contributed by atoms with Gasteiger partial charge in [0.1, 0.15) is 18.2 Å². The van der Waals surface area contributed by atoms with Gasteiger partial charge in [0.05, 0.1) is 5.75 Å². The van der Waals surface area contributed by atoms with Crippen LogP contribution in [0.3, 0.4) is 0 Å². The van der Waals surface area contributed by atoms with Gasteiger partial charge in [0.2, 0.25) is 11.9 Å². The van der Waals surface area contributed by atoms with Gasteiger partial charge in [-0.25, -0.2) is 0 Å². The second kappa shape index (κ2) is 10.9. The number of nitrogen functional groups attached to an aromatic ring is 1. The number of hydrogen-bond donors (Lipinski definition) is 2. The number of benzene rings is 3. The second-order valence-electron chi connectivity index (χ2n) is 7.84. The van der Waals surface area contributed by atoms with Crippen LogP contribution in [0.4, 0.5) is 17.6 Å². The van der Waals surface area contributed by atoms with Crippen LogP contribution in [0.1, 0.15) is 17.2 Å². The number of hydrogen-bond acceptors (Lipinski definition) is 9. The first kappa shape index (κ1) is 23.3. The van der Waals surface area contributed by atoms with E-state index in [-0.39, 0.29) is 12.6 Å². The molecule has 0 unspecified atom stereocenters. The van der Waals surface area contributed by atoms with Crippen LogP contribution in [0.2, 0.25) is 0 Å². The molecular weight excluding hydrogens is 472 g/mol. The third-order valence-electron chi connectivity index (χ3n) is 5.22. The van der Waals surface area contributed by atoms with Gasteiger partial charge >= 0.3 is 0 Å². The van der Waals surface area contributed by atoms with Crippen molar-refractivity contribution in [3.05, 3.63) is 102 Å². The van der Waals surface area contributed by atoms with Gasteiger partial charge in [-0.05, 0) is 42.8 Å². The van der Waals surface area contributed by atoms with Crippen molar-refractivity contribution in [1.82, 2.24) is 29.7 Å². The maximum Gasteiger partial charge on any atom is 0.232 e. The van der Waals surface area contributed by atoms with E-state index in [4.69, 9.17) is 10.5 Å². The number of aromatic nitrogens is 6. The van der Waals surface area contributed by atoms with Gasteiger partial charge in [0, 0.05) is 11.4 Å². The third kappa shape index (κ3) is 5.61. The first-order valence-electron chi connectivity index (χ1n) is 11.3. The van der Waals surface area contributed by atoms with Crippen LogP contribution in [-0.2, 0) is 12.4 Å². The van der Waals surface area contributed by atoms with Gasteiger partial charge in [0.15, 0.2) is 11.0 Å². The van der Waals surface area contributed by atoms with E-state index in [1.807, 2.05) is 96.4 Å². The fourth-order valence-corrected chi connectivity index (χ4v) is 4.35. The fourth-order valence-electron chi connectivity index (χ4n) is 3.52. The van der Waals surface area contributed by atoms with Crippen LogP contribution in [-0.4, -0.2) is 29.7 Å². The lowest BCUT2D eigenvalue weighted by Gasteiger charge is -2.12. The fraction of sp³-hybridized carbons (Fsp3) is 0.115. The summed E-state index contributed by atoms with van der Waals surface area (Å²) in [5.41, 5.74) is 8.82. The minimum atomic E-state index is 0.149. The zero-order valence-electron chi connectivity index (χ0n) is 19.6. The van der Waals surface area contributed by atoms with Crippen LogP contribution < -0.4 is 15.8 Å². The maximum atomic E-state index is 6.06. The molecule has 0 aliphatic rings. The van der Waals surface area contributed by atoms with E-state index in [9.17, 15) is 0 Å². The summed E-state index contributed by atoms with van der Waals surface area (Å²) >= 11 is 1.46. The van der Waals surface area contributed by atoms with Crippen LogP contribution in [0.15, 0.2) is 90.1 Å². The SMILES string of the molecule is Cc1ccccc1OCc1nnc(SCc2nc(N)nc(Nc3ccccc3)n2)n1-c1ccccc1. The van der Waals surface area contributed by atoms with Crippen molar-refractivity contribution in [2.45, 2.75) is 24.4 Å². The van der Waals surface area contributed by atoms with Crippen molar-refractivity contribution in [2.75, 3.05) is 11.1 Å². The number of ether oxygens (including phenoxy) is 1. The predicted octanol–water partition coefficient (Wildman–Crippen LogP) is 4.96.